The van der Waals surface area contributed by atoms with Crippen molar-refractivity contribution >= 4 is 5.97 Å². The quantitative estimate of drug-likeness (QED) is 0.612. The first-order chi connectivity index (χ1) is 9.37. The van der Waals surface area contributed by atoms with E-state index in [0.29, 0.717) is 31.0 Å². The van der Waals surface area contributed by atoms with Crippen LogP contribution < -0.4 is 4.74 Å². The van der Waals surface area contributed by atoms with Crippen molar-refractivity contribution < 1.29 is 14.3 Å². The summed E-state index contributed by atoms with van der Waals surface area (Å²) in [5, 5.41) is 0. The van der Waals surface area contributed by atoms with Crippen molar-refractivity contribution in [2.24, 2.45) is 0 Å². The summed E-state index contributed by atoms with van der Waals surface area (Å²) in [7, 11) is 0. The van der Waals surface area contributed by atoms with Gasteiger partial charge in [0.1, 0.15) is 11.4 Å². The molecular formula is C15H26N2O3. The lowest BCUT2D eigenvalue weighted by molar-refractivity contribution is -0.155. The van der Waals surface area contributed by atoms with Gasteiger partial charge in [0.15, 0.2) is 5.75 Å². The number of esters is 1. The van der Waals surface area contributed by atoms with Crippen LogP contribution in [-0.4, -0.2) is 28.1 Å². The van der Waals surface area contributed by atoms with Crippen LogP contribution in [0, 0.1) is 6.92 Å². The van der Waals surface area contributed by atoms with Crippen LogP contribution in [0.25, 0.3) is 0 Å². The summed E-state index contributed by atoms with van der Waals surface area (Å²) in [4.78, 5) is 19.4. The van der Waals surface area contributed by atoms with Crippen molar-refractivity contribution in [2.75, 3.05) is 6.61 Å². The number of hydrogen-bond donors (Lipinski definition) is 0. The topological polar surface area (TPSA) is 61.3 Å². The van der Waals surface area contributed by atoms with Crippen LogP contribution in [0.4, 0.5) is 0 Å². The predicted octanol–water partition coefficient (Wildman–Crippen LogP) is 3.31. The molecule has 5 heteroatoms. The summed E-state index contributed by atoms with van der Waals surface area (Å²) >= 11 is 0. The summed E-state index contributed by atoms with van der Waals surface area (Å²) in [6.45, 7) is 11.8. The minimum atomic E-state index is -0.428. The molecule has 0 aliphatic carbocycles. The van der Waals surface area contributed by atoms with Gasteiger partial charge in [0.2, 0.25) is 0 Å². The molecule has 0 atom stereocenters. The molecule has 1 heterocycles. The number of nitrogens with zero attached hydrogens (tertiary/aromatic N) is 2. The summed E-state index contributed by atoms with van der Waals surface area (Å²) in [6.07, 6.45) is 4.21. The highest BCUT2D eigenvalue weighted by Crippen LogP contribution is 2.10. The molecule has 1 rings (SSSR count). The molecule has 0 aliphatic rings. The standard InChI is InChI=1S/C13H20N2O3.C2H6/c1-10-14-8-11(9-15-10)17-7-5-6-12(16)18-13(2,3)4;1-2/h8-9H,5-7H2,1-4H3;1-2H3. The highest BCUT2D eigenvalue weighted by molar-refractivity contribution is 5.69. The summed E-state index contributed by atoms with van der Waals surface area (Å²) in [6, 6.07) is 0. The maximum atomic E-state index is 11.4. The molecule has 0 amide bonds. The molecule has 0 spiro atoms. The SMILES string of the molecule is CC.Cc1ncc(OCCCC(=O)OC(C)(C)C)cn1. The van der Waals surface area contributed by atoms with Crippen molar-refractivity contribution in [2.45, 2.75) is 60.0 Å². The van der Waals surface area contributed by atoms with Gasteiger partial charge in [0.05, 0.1) is 19.0 Å². The molecule has 1 aromatic rings. The fraction of sp³-hybridized carbons (Fsp3) is 0.667. The zero-order valence-electron chi connectivity index (χ0n) is 13.4. The maximum absolute atomic E-state index is 11.4. The van der Waals surface area contributed by atoms with E-state index in [1.165, 1.54) is 0 Å². The van der Waals surface area contributed by atoms with Crippen LogP contribution in [0.15, 0.2) is 12.4 Å². The number of carbonyl (C=O) groups is 1. The first kappa shape index (κ1) is 18.4. The smallest absolute Gasteiger partial charge is 0.306 e. The lowest BCUT2D eigenvalue weighted by Crippen LogP contribution is -2.23. The minimum Gasteiger partial charge on any atom is -0.490 e. The maximum Gasteiger partial charge on any atom is 0.306 e. The molecule has 1 aromatic heterocycles. The number of hydrogen-bond acceptors (Lipinski definition) is 5. The Morgan fingerprint density at radius 2 is 1.75 bits per heavy atom. The van der Waals surface area contributed by atoms with Gasteiger partial charge in [-0.2, -0.15) is 0 Å². The molecule has 5 nitrogen and oxygen atoms in total. The fourth-order valence-corrected chi connectivity index (χ4v) is 1.25. The van der Waals surface area contributed by atoms with E-state index in [2.05, 4.69) is 9.97 Å². The van der Waals surface area contributed by atoms with Crippen LogP contribution in [0.5, 0.6) is 5.75 Å². The Labute approximate surface area is 121 Å². The number of ether oxygens (including phenoxy) is 2. The molecule has 0 unspecified atom stereocenters. The molecule has 114 valence electrons. The van der Waals surface area contributed by atoms with Gasteiger partial charge >= 0.3 is 5.97 Å². The van der Waals surface area contributed by atoms with E-state index in [0.717, 1.165) is 0 Å². The van der Waals surface area contributed by atoms with E-state index < -0.39 is 5.60 Å². The van der Waals surface area contributed by atoms with E-state index in [9.17, 15) is 4.79 Å². The van der Waals surface area contributed by atoms with E-state index in [1.807, 2.05) is 41.5 Å². The molecule has 0 N–H and O–H groups in total. The van der Waals surface area contributed by atoms with Gasteiger partial charge in [-0.05, 0) is 34.1 Å². The Bertz CT molecular complexity index is 383. The second kappa shape index (κ2) is 9.28. The minimum absolute atomic E-state index is 0.203. The summed E-state index contributed by atoms with van der Waals surface area (Å²) in [5.74, 6) is 1.12. The first-order valence-electron chi connectivity index (χ1n) is 7.00. The Hall–Kier alpha value is -1.65. The number of carbonyl (C=O) groups excluding carboxylic acids is 1. The highest BCUT2D eigenvalue weighted by Gasteiger charge is 2.15. The molecule has 0 fully saturated rings. The molecule has 0 radical (unpaired) electrons. The molecule has 0 aliphatic heterocycles. The van der Waals surface area contributed by atoms with Gasteiger partial charge in [-0.15, -0.1) is 0 Å². The summed E-state index contributed by atoms with van der Waals surface area (Å²) in [5.41, 5.74) is -0.428. The molecule has 0 saturated heterocycles. The Kier molecular flexibility index (Phi) is 8.52. The average molecular weight is 282 g/mol. The van der Waals surface area contributed by atoms with Crippen molar-refractivity contribution in [1.82, 2.24) is 9.97 Å². The Morgan fingerprint density at radius 3 is 2.25 bits per heavy atom. The first-order valence-corrected chi connectivity index (χ1v) is 7.00. The molecule has 0 saturated carbocycles. The van der Waals surface area contributed by atoms with Gasteiger partial charge in [-0.25, -0.2) is 9.97 Å². The number of rotatable bonds is 5. The fourth-order valence-electron chi connectivity index (χ4n) is 1.25. The monoisotopic (exact) mass is 282 g/mol. The number of aromatic nitrogens is 2. The van der Waals surface area contributed by atoms with Crippen molar-refractivity contribution in [3.63, 3.8) is 0 Å². The largest absolute Gasteiger partial charge is 0.490 e. The lowest BCUT2D eigenvalue weighted by Gasteiger charge is -2.19. The van der Waals surface area contributed by atoms with Gasteiger partial charge in [-0.3, -0.25) is 4.79 Å². The van der Waals surface area contributed by atoms with Crippen LogP contribution >= 0.6 is 0 Å². The van der Waals surface area contributed by atoms with E-state index in [-0.39, 0.29) is 5.97 Å². The second-order valence-electron chi connectivity index (χ2n) is 5.00. The highest BCUT2D eigenvalue weighted by atomic mass is 16.6. The predicted molar refractivity (Wildman–Crippen MR) is 78.7 cm³/mol. The Morgan fingerprint density at radius 1 is 1.20 bits per heavy atom. The average Bonchev–Trinajstić information content (AvgIpc) is 2.37. The normalized spacial score (nSPS) is 10.3. The van der Waals surface area contributed by atoms with Gasteiger partial charge in [-0.1, -0.05) is 13.8 Å². The van der Waals surface area contributed by atoms with Gasteiger partial charge in [0, 0.05) is 6.42 Å². The van der Waals surface area contributed by atoms with E-state index >= 15 is 0 Å². The van der Waals surface area contributed by atoms with Crippen molar-refractivity contribution in [3.05, 3.63) is 18.2 Å². The zero-order valence-corrected chi connectivity index (χ0v) is 13.4. The van der Waals surface area contributed by atoms with Crippen LogP contribution in [0.1, 0.15) is 53.3 Å². The molecule has 0 aromatic carbocycles. The van der Waals surface area contributed by atoms with Gasteiger partial charge < -0.3 is 9.47 Å². The third-order valence-corrected chi connectivity index (χ3v) is 1.97. The van der Waals surface area contributed by atoms with E-state index in [4.69, 9.17) is 9.47 Å². The molecule has 0 bridgehead atoms. The summed E-state index contributed by atoms with van der Waals surface area (Å²) < 4.78 is 10.6. The second-order valence-corrected chi connectivity index (χ2v) is 5.00. The molecular weight excluding hydrogens is 256 g/mol. The molecule has 20 heavy (non-hydrogen) atoms. The van der Waals surface area contributed by atoms with Crippen LogP contribution in [0.3, 0.4) is 0 Å². The van der Waals surface area contributed by atoms with E-state index in [1.54, 1.807) is 12.4 Å². The van der Waals surface area contributed by atoms with Crippen molar-refractivity contribution in [3.8, 4) is 5.75 Å². The third-order valence-electron chi connectivity index (χ3n) is 1.97. The number of aryl methyl sites for hydroxylation is 1. The third kappa shape index (κ3) is 9.30. The zero-order chi connectivity index (χ0) is 15.6. The Balaban J connectivity index is 0.00000172. The van der Waals surface area contributed by atoms with Crippen LogP contribution in [-0.2, 0) is 9.53 Å². The lowest BCUT2D eigenvalue weighted by atomic mass is 10.2. The van der Waals surface area contributed by atoms with Crippen molar-refractivity contribution in [1.29, 1.82) is 0 Å². The van der Waals surface area contributed by atoms with Gasteiger partial charge in [0.25, 0.3) is 0 Å². The van der Waals surface area contributed by atoms with Crippen LogP contribution in [0.2, 0.25) is 0 Å².